The summed E-state index contributed by atoms with van der Waals surface area (Å²) in [6.45, 7) is -0.451. The molecule has 0 radical (unpaired) electrons. The van der Waals surface area contributed by atoms with Gasteiger partial charge in [-0.3, -0.25) is 0 Å². The lowest BCUT2D eigenvalue weighted by Gasteiger charge is -2.43. The van der Waals surface area contributed by atoms with Gasteiger partial charge in [0.2, 0.25) is 0 Å². The van der Waals surface area contributed by atoms with Gasteiger partial charge in [-0.1, -0.05) is 36.4 Å². The molecule has 0 amide bonds. The van der Waals surface area contributed by atoms with E-state index in [2.05, 4.69) is 0 Å². The normalized spacial score (nSPS) is 22.4. The van der Waals surface area contributed by atoms with Crippen molar-refractivity contribution in [2.45, 2.75) is 24.4 Å². The summed E-state index contributed by atoms with van der Waals surface area (Å²) in [4.78, 5) is 23.7. The molecular weight excluding hydrogens is 352 g/mol. The van der Waals surface area contributed by atoms with Crippen molar-refractivity contribution < 1.29 is 34.0 Å². The van der Waals surface area contributed by atoms with E-state index >= 15 is 0 Å². The molecule has 27 heavy (non-hydrogen) atoms. The van der Waals surface area contributed by atoms with E-state index in [1.54, 1.807) is 60.7 Å². The summed E-state index contributed by atoms with van der Waals surface area (Å²) < 4.78 is 15.5. The first-order chi connectivity index (χ1) is 13.1. The summed E-state index contributed by atoms with van der Waals surface area (Å²) in [6.07, 6.45) is -3.86. The molecule has 7 nitrogen and oxygen atoms in total. The summed E-state index contributed by atoms with van der Waals surface area (Å²) in [5.41, 5.74) is 0.765. The molecule has 0 spiro atoms. The minimum Gasteiger partial charge on any atom is -0.459 e. The molecule has 2 N–H and O–H groups in total. The lowest BCUT2D eigenvalue weighted by molar-refractivity contribution is -0.264. The zero-order valence-electron chi connectivity index (χ0n) is 14.4. The van der Waals surface area contributed by atoms with Crippen LogP contribution in [0.1, 0.15) is 20.7 Å². The highest BCUT2D eigenvalue weighted by Crippen LogP contribution is 2.25. The maximum atomic E-state index is 11.9. The van der Waals surface area contributed by atoms with Crippen LogP contribution < -0.4 is 0 Å². The molecule has 4 atom stereocenters. The van der Waals surface area contributed by atoms with Crippen molar-refractivity contribution in [2.75, 3.05) is 13.2 Å². The topological polar surface area (TPSA) is 102 Å². The Labute approximate surface area is 156 Å². The Bertz CT molecular complexity index is 762. The molecular formula is C20H20O7. The number of ether oxygens (including phenoxy) is 3. The van der Waals surface area contributed by atoms with E-state index in [1.165, 1.54) is 0 Å². The van der Waals surface area contributed by atoms with Gasteiger partial charge in [0.15, 0.2) is 0 Å². The second-order valence-electron chi connectivity index (χ2n) is 6.13. The predicted molar refractivity (Wildman–Crippen MR) is 94.1 cm³/mol. The minimum absolute atomic E-state index is 0.137. The second kappa shape index (κ2) is 8.77. The highest BCUT2D eigenvalue weighted by molar-refractivity contribution is 5.89. The number of aliphatic hydroxyl groups is 2. The molecule has 1 saturated heterocycles. The quantitative estimate of drug-likeness (QED) is 0.704. The van der Waals surface area contributed by atoms with Crippen molar-refractivity contribution in [1.82, 2.24) is 0 Å². The van der Waals surface area contributed by atoms with Crippen LogP contribution in [0.2, 0.25) is 0 Å². The molecule has 0 saturated carbocycles. The fraction of sp³-hybridized carbons (Fsp3) is 0.300. The molecule has 1 aliphatic heterocycles. The summed E-state index contributed by atoms with van der Waals surface area (Å²) in [5.74, 6) is -1.09. The second-order valence-corrected chi connectivity index (χ2v) is 6.13. The van der Waals surface area contributed by atoms with E-state index in [-0.39, 0.29) is 13.2 Å². The minimum atomic E-state index is -1.19. The van der Waals surface area contributed by atoms with E-state index in [0.29, 0.717) is 11.1 Å². The average Bonchev–Trinajstić information content (AvgIpc) is 2.71. The molecule has 0 aliphatic carbocycles. The molecule has 2 aromatic rings. The molecule has 1 aliphatic rings. The van der Waals surface area contributed by atoms with Crippen LogP contribution in [-0.2, 0) is 14.2 Å². The summed E-state index contributed by atoms with van der Waals surface area (Å²) in [5, 5.41) is 20.1. The first kappa shape index (κ1) is 19.0. The SMILES string of the molecule is O=C(OCC(O)C1OC(COC(=O)c2ccccc2)C1O)c1ccccc1. The Morgan fingerprint density at radius 3 is 1.96 bits per heavy atom. The maximum absolute atomic E-state index is 11.9. The van der Waals surface area contributed by atoms with Crippen molar-refractivity contribution in [3.8, 4) is 0 Å². The van der Waals surface area contributed by atoms with Gasteiger partial charge < -0.3 is 24.4 Å². The van der Waals surface area contributed by atoms with Gasteiger partial charge in [0.1, 0.15) is 37.6 Å². The maximum Gasteiger partial charge on any atom is 0.338 e. The third kappa shape index (κ3) is 4.71. The van der Waals surface area contributed by atoms with Crippen LogP contribution >= 0.6 is 0 Å². The van der Waals surface area contributed by atoms with Gasteiger partial charge >= 0.3 is 11.9 Å². The summed E-state index contributed by atoms with van der Waals surface area (Å²) in [7, 11) is 0. The largest absolute Gasteiger partial charge is 0.459 e. The van der Waals surface area contributed by atoms with Gasteiger partial charge in [0.25, 0.3) is 0 Å². The predicted octanol–water partition coefficient (Wildman–Crippen LogP) is 1.19. The van der Waals surface area contributed by atoms with Crippen LogP contribution in [0.5, 0.6) is 0 Å². The van der Waals surface area contributed by atoms with Crippen molar-refractivity contribution in [3.05, 3.63) is 71.8 Å². The molecule has 7 heteroatoms. The van der Waals surface area contributed by atoms with Gasteiger partial charge in [-0.15, -0.1) is 0 Å². The van der Waals surface area contributed by atoms with E-state index in [0.717, 1.165) is 0 Å². The van der Waals surface area contributed by atoms with Crippen molar-refractivity contribution in [1.29, 1.82) is 0 Å². The summed E-state index contributed by atoms with van der Waals surface area (Å²) in [6, 6.07) is 16.8. The first-order valence-corrected chi connectivity index (χ1v) is 8.52. The highest BCUT2D eigenvalue weighted by atomic mass is 16.6. The third-order valence-corrected chi connectivity index (χ3v) is 4.21. The zero-order chi connectivity index (χ0) is 19.2. The van der Waals surface area contributed by atoms with Crippen LogP contribution in [-0.4, -0.2) is 59.8 Å². The molecule has 1 fully saturated rings. The fourth-order valence-electron chi connectivity index (χ4n) is 2.67. The smallest absolute Gasteiger partial charge is 0.338 e. The van der Waals surface area contributed by atoms with Crippen molar-refractivity contribution in [2.24, 2.45) is 0 Å². The Balaban J connectivity index is 1.40. The molecule has 1 heterocycles. The molecule has 142 valence electrons. The van der Waals surface area contributed by atoms with Crippen molar-refractivity contribution in [3.63, 3.8) is 0 Å². The number of carbonyl (C=O) groups is 2. The molecule has 2 aromatic carbocycles. The van der Waals surface area contributed by atoms with Crippen LogP contribution in [0.4, 0.5) is 0 Å². The van der Waals surface area contributed by atoms with Crippen LogP contribution in [0, 0.1) is 0 Å². The van der Waals surface area contributed by atoms with E-state index < -0.39 is 36.4 Å². The Morgan fingerprint density at radius 2 is 1.44 bits per heavy atom. The Kier molecular flexibility index (Phi) is 6.18. The van der Waals surface area contributed by atoms with Gasteiger partial charge in [-0.05, 0) is 24.3 Å². The first-order valence-electron chi connectivity index (χ1n) is 8.52. The van der Waals surface area contributed by atoms with Crippen LogP contribution in [0.25, 0.3) is 0 Å². The number of hydrogen-bond acceptors (Lipinski definition) is 7. The monoisotopic (exact) mass is 372 g/mol. The lowest BCUT2D eigenvalue weighted by Crippen LogP contribution is -2.61. The highest BCUT2D eigenvalue weighted by Gasteiger charge is 2.46. The Hall–Kier alpha value is -2.74. The molecule has 0 bridgehead atoms. The summed E-state index contributed by atoms with van der Waals surface area (Å²) >= 11 is 0. The van der Waals surface area contributed by atoms with Crippen molar-refractivity contribution >= 4 is 11.9 Å². The number of carbonyl (C=O) groups excluding carboxylic acids is 2. The molecule has 3 rings (SSSR count). The number of hydrogen-bond donors (Lipinski definition) is 2. The molecule has 4 unspecified atom stereocenters. The van der Waals surface area contributed by atoms with E-state index in [9.17, 15) is 19.8 Å². The fourth-order valence-corrected chi connectivity index (χ4v) is 2.67. The lowest BCUT2D eigenvalue weighted by atomic mass is 9.97. The Morgan fingerprint density at radius 1 is 0.926 bits per heavy atom. The molecule has 0 aromatic heterocycles. The number of esters is 2. The van der Waals surface area contributed by atoms with E-state index in [4.69, 9.17) is 14.2 Å². The standard InChI is InChI=1S/C20H20O7/c21-15(11-25-19(23)13-7-3-1-4-8-13)18-17(22)16(27-18)12-26-20(24)14-9-5-2-6-10-14/h1-10,15-18,21-22H,11-12H2. The van der Waals surface area contributed by atoms with Gasteiger partial charge in [-0.2, -0.15) is 0 Å². The van der Waals surface area contributed by atoms with Crippen LogP contribution in [0.3, 0.4) is 0 Å². The zero-order valence-corrected chi connectivity index (χ0v) is 14.4. The number of aliphatic hydroxyl groups excluding tert-OH is 2. The van der Waals surface area contributed by atoms with Gasteiger partial charge in [-0.25, -0.2) is 9.59 Å². The van der Waals surface area contributed by atoms with E-state index in [1.807, 2.05) is 0 Å². The average molecular weight is 372 g/mol. The van der Waals surface area contributed by atoms with Gasteiger partial charge in [0, 0.05) is 0 Å². The number of rotatable bonds is 7. The number of benzene rings is 2. The third-order valence-electron chi connectivity index (χ3n) is 4.21. The van der Waals surface area contributed by atoms with Crippen LogP contribution in [0.15, 0.2) is 60.7 Å². The van der Waals surface area contributed by atoms with Gasteiger partial charge in [0.05, 0.1) is 11.1 Å².